The van der Waals surface area contributed by atoms with E-state index in [0.29, 0.717) is 0 Å². The van der Waals surface area contributed by atoms with Gasteiger partial charge in [-0.25, -0.2) is 0 Å². The third-order valence-corrected chi connectivity index (χ3v) is 4.32. The van der Waals surface area contributed by atoms with Gasteiger partial charge in [-0.2, -0.15) is 16.8 Å². The van der Waals surface area contributed by atoms with Crippen molar-refractivity contribution in [1.29, 1.82) is 0 Å². The first-order chi connectivity index (χ1) is 10.3. The van der Waals surface area contributed by atoms with E-state index in [4.69, 9.17) is 18.4 Å². The lowest BCUT2D eigenvalue weighted by molar-refractivity contribution is -0.225. The van der Waals surface area contributed by atoms with Crippen molar-refractivity contribution >= 4 is 20.2 Å². The zero-order valence-corrected chi connectivity index (χ0v) is 14.7. The molecule has 5 atom stereocenters. The Kier molecular flexibility index (Phi) is 5.11. The number of aliphatic hydroxyl groups excluding tert-OH is 1. The first-order valence-electron chi connectivity index (χ1n) is 6.69. The highest BCUT2D eigenvalue weighted by atomic mass is 32.2. The molecule has 2 saturated heterocycles. The van der Waals surface area contributed by atoms with Crippen molar-refractivity contribution in [1.82, 2.24) is 0 Å². The number of ether oxygens (including phenoxy) is 3. The van der Waals surface area contributed by atoms with Gasteiger partial charge in [0, 0.05) is 0 Å². The molecule has 1 N–H and O–H groups in total. The van der Waals surface area contributed by atoms with Gasteiger partial charge in [0.1, 0.15) is 24.4 Å². The molecule has 2 rings (SSSR count). The highest BCUT2D eigenvalue weighted by Crippen LogP contribution is 2.38. The van der Waals surface area contributed by atoms with Gasteiger partial charge in [-0.05, 0) is 13.8 Å². The molecule has 0 aliphatic carbocycles. The van der Waals surface area contributed by atoms with Gasteiger partial charge in [0.2, 0.25) is 0 Å². The van der Waals surface area contributed by atoms with E-state index in [1.165, 1.54) is 0 Å². The lowest BCUT2D eigenvalue weighted by Gasteiger charge is -2.27. The molecule has 0 unspecified atom stereocenters. The minimum Gasteiger partial charge on any atom is -0.387 e. The maximum Gasteiger partial charge on any atom is 0.264 e. The summed E-state index contributed by atoms with van der Waals surface area (Å²) in [6, 6.07) is 0. The zero-order chi connectivity index (χ0) is 17.6. The van der Waals surface area contributed by atoms with Crippen LogP contribution >= 0.6 is 0 Å². The highest BCUT2D eigenvalue weighted by molar-refractivity contribution is 7.86. The summed E-state index contributed by atoms with van der Waals surface area (Å²) >= 11 is 0. The fraction of sp³-hybridized carbons (Fsp3) is 1.00. The van der Waals surface area contributed by atoms with E-state index in [0.717, 1.165) is 12.5 Å². The average Bonchev–Trinajstić information content (AvgIpc) is 2.77. The molecular weight excluding hydrogens is 356 g/mol. The predicted molar refractivity (Wildman–Crippen MR) is 75.2 cm³/mol. The molecule has 0 spiro atoms. The topological polar surface area (TPSA) is 135 Å². The second-order valence-corrected chi connectivity index (χ2v) is 9.13. The molecule has 12 heteroatoms. The number of fused-ring (bicyclic) bond motifs is 1. The van der Waals surface area contributed by atoms with Crippen molar-refractivity contribution in [2.45, 2.75) is 50.3 Å². The summed E-state index contributed by atoms with van der Waals surface area (Å²) < 4.78 is 70.6. The van der Waals surface area contributed by atoms with Crippen molar-refractivity contribution in [3.63, 3.8) is 0 Å². The SMILES string of the molecule is CC1(C)O[C@H]2O[C@H]([C@@H](COS(C)(=O)=O)OS(C)(=O)=O)[C@@H](O)[C@H]2O1. The summed E-state index contributed by atoms with van der Waals surface area (Å²) in [6.45, 7) is 2.62. The Hall–Kier alpha value is -0.340. The van der Waals surface area contributed by atoms with Gasteiger partial charge < -0.3 is 19.3 Å². The highest BCUT2D eigenvalue weighted by Gasteiger charge is 2.56. The molecular formula is C11H20O10S2. The molecule has 0 bridgehead atoms. The smallest absolute Gasteiger partial charge is 0.264 e. The van der Waals surface area contributed by atoms with E-state index in [1.807, 2.05) is 0 Å². The van der Waals surface area contributed by atoms with Crippen molar-refractivity contribution in [2.75, 3.05) is 19.1 Å². The van der Waals surface area contributed by atoms with E-state index in [2.05, 4.69) is 4.18 Å². The van der Waals surface area contributed by atoms with Crippen LogP contribution < -0.4 is 0 Å². The molecule has 2 fully saturated rings. The van der Waals surface area contributed by atoms with Crippen LogP contribution in [0.3, 0.4) is 0 Å². The molecule has 23 heavy (non-hydrogen) atoms. The standard InChI is InChI=1S/C11H20O10S2/c1-11(2)19-9-7(12)8(18-10(9)20-11)6(21-23(4,15)16)5-17-22(3,13)14/h6-10,12H,5H2,1-4H3/t6-,7-,8-,9-,10-/m1/s1. The van der Waals surface area contributed by atoms with Gasteiger partial charge in [-0.15, -0.1) is 0 Å². The van der Waals surface area contributed by atoms with E-state index in [-0.39, 0.29) is 0 Å². The summed E-state index contributed by atoms with van der Waals surface area (Å²) in [6.07, 6.45) is -4.03. The Balaban J connectivity index is 2.13. The van der Waals surface area contributed by atoms with Gasteiger partial charge in [0.25, 0.3) is 20.2 Å². The van der Waals surface area contributed by atoms with Crippen LogP contribution in [0.25, 0.3) is 0 Å². The first-order valence-corrected chi connectivity index (χ1v) is 10.3. The number of hydrogen-bond donors (Lipinski definition) is 1. The second kappa shape index (κ2) is 6.19. The molecule has 10 nitrogen and oxygen atoms in total. The summed E-state index contributed by atoms with van der Waals surface area (Å²) in [5.74, 6) is -0.961. The third-order valence-electron chi connectivity index (χ3n) is 3.16. The molecule has 2 heterocycles. The minimum atomic E-state index is -3.95. The van der Waals surface area contributed by atoms with Crippen LogP contribution in [0.1, 0.15) is 13.8 Å². The van der Waals surface area contributed by atoms with Gasteiger partial charge in [0.15, 0.2) is 12.1 Å². The van der Waals surface area contributed by atoms with E-state index in [1.54, 1.807) is 13.8 Å². The van der Waals surface area contributed by atoms with Crippen LogP contribution in [0.4, 0.5) is 0 Å². The first kappa shape index (κ1) is 19.0. The number of rotatable bonds is 6. The minimum absolute atomic E-state index is 0.642. The summed E-state index contributed by atoms with van der Waals surface area (Å²) in [7, 11) is -7.78. The quantitative estimate of drug-likeness (QED) is 0.548. The van der Waals surface area contributed by atoms with E-state index < -0.39 is 63.3 Å². The summed E-state index contributed by atoms with van der Waals surface area (Å²) in [4.78, 5) is 0. The normalized spacial score (nSPS) is 35.2. The van der Waals surface area contributed by atoms with Crippen molar-refractivity contribution < 1.29 is 44.5 Å². The van der Waals surface area contributed by atoms with Crippen molar-refractivity contribution in [3.05, 3.63) is 0 Å². The Bertz CT molecular complexity index is 640. The average molecular weight is 376 g/mol. The van der Waals surface area contributed by atoms with Crippen LogP contribution in [-0.2, 0) is 42.8 Å². The third kappa shape index (κ3) is 5.06. The summed E-state index contributed by atoms with van der Waals surface area (Å²) in [5.41, 5.74) is 0. The lowest BCUT2D eigenvalue weighted by atomic mass is 10.1. The molecule has 0 saturated carbocycles. The zero-order valence-electron chi connectivity index (χ0n) is 13.0. The van der Waals surface area contributed by atoms with Gasteiger partial charge in [0.05, 0.1) is 19.1 Å². The van der Waals surface area contributed by atoms with Crippen LogP contribution in [0.15, 0.2) is 0 Å². The molecule has 0 radical (unpaired) electrons. The Morgan fingerprint density at radius 2 is 1.74 bits per heavy atom. The van der Waals surface area contributed by atoms with Crippen LogP contribution in [0.2, 0.25) is 0 Å². The van der Waals surface area contributed by atoms with Crippen LogP contribution in [-0.4, -0.2) is 77.6 Å². The Labute approximate surface area is 134 Å². The molecule has 0 aromatic carbocycles. The fourth-order valence-corrected chi connectivity index (χ4v) is 3.41. The van der Waals surface area contributed by atoms with E-state index >= 15 is 0 Å². The largest absolute Gasteiger partial charge is 0.387 e. The fourth-order valence-electron chi connectivity index (χ4n) is 2.42. The van der Waals surface area contributed by atoms with Gasteiger partial charge in [-0.3, -0.25) is 8.37 Å². The molecule has 136 valence electrons. The molecule has 2 aliphatic heterocycles. The second-order valence-electron chi connectivity index (χ2n) is 5.89. The van der Waals surface area contributed by atoms with Crippen molar-refractivity contribution in [2.24, 2.45) is 0 Å². The Morgan fingerprint density at radius 3 is 2.22 bits per heavy atom. The number of aliphatic hydroxyl groups is 1. The Morgan fingerprint density at radius 1 is 1.13 bits per heavy atom. The predicted octanol–water partition coefficient (Wildman–Crippen LogP) is -1.46. The molecule has 0 amide bonds. The molecule has 0 aromatic rings. The van der Waals surface area contributed by atoms with Crippen LogP contribution in [0.5, 0.6) is 0 Å². The maximum atomic E-state index is 11.4. The van der Waals surface area contributed by atoms with E-state index in [9.17, 15) is 21.9 Å². The molecule has 0 aromatic heterocycles. The van der Waals surface area contributed by atoms with Gasteiger partial charge in [-0.1, -0.05) is 0 Å². The molecule has 2 aliphatic rings. The summed E-state index contributed by atoms with van der Waals surface area (Å²) in [5, 5.41) is 10.3. The van der Waals surface area contributed by atoms with Crippen molar-refractivity contribution in [3.8, 4) is 0 Å². The van der Waals surface area contributed by atoms with Gasteiger partial charge >= 0.3 is 0 Å². The maximum absolute atomic E-state index is 11.4. The number of hydrogen-bond acceptors (Lipinski definition) is 10. The monoisotopic (exact) mass is 376 g/mol. The van der Waals surface area contributed by atoms with Crippen LogP contribution in [0, 0.1) is 0 Å². The lowest BCUT2D eigenvalue weighted by Crippen LogP contribution is -2.45.